The maximum Gasteiger partial charge on any atom is 0.275 e. The van der Waals surface area contributed by atoms with Gasteiger partial charge in [-0.15, -0.1) is 40.8 Å². The van der Waals surface area contributed by atoms with Gasteiger partial charge in [-0.3, -0.25) is 29.1 Å². The number of hydrogen-bond acceptors (Lipinski definition) is 26. The molecule has 0 saturated carbocycles. The molecular formula is C96H85F4N23O12S2. The second kappa shape index (κ2) is 38.5. The van der Waals surface area contributed by atoms with Crippen molar-refractivity contribution in [3.63, 3.8) is 0 Å². The van der Waals surface area contributed by atoms with Gasteiger partial charge in [-0.25, -0.2) is 31.9 Å². The molecule has 0 unspecified atom stereocenters. The van der Waals surface area contributed by atoms with Crippen LogP contribution in [0.15, 0.2) is 209 Å². The summed E-state index contributed by atoms with van der Waals surface area (Å²) in [4.78, 5) is 74.5. The Balaban J connectivity index is 0.000000114. The second-order valence-corrected chi connectivity index (χ2v) is 35.3. The molecule has 5 aliphatic rings. The molecule has 0 saturated heterocycles. The number of carbonyl (C=O) groups excluding carboxylic acids is 5. The van der Waals surface area contributed by atoms with Crippen molar-refractivity contribution < 1.29 is 75.9 Å². The van der Waals surface area contributed by atoms with E-state index in [2.05, 4.69) is 66.2 Å². The molecule has 0 fully saturated rings. The summed E-state index contributed by atoms with van der Waals surface area (Å²) >= 11 is 2.64. The highest BCUT2D eigenvalue weighted by molar-refractivity contribution is 7.15. The summed E-state index contributed by atoms with van der Waals surface area (Å²) in [6, 6.07) is 51.7. The first-order chi connectivity index (χ1) is 66.1. The molecule has 0 aliphatic carbocycles. The highest BCUT2D eigenvalue weighted by Crippen LogP contribution is 2.44. The van der Waals surface area contributed by atoms with Crippen molar-refractivity contribution in [2.75, 3.05) is 68.0 Å². The number of likely N-dealkylation sites (N-methyl/N-ethyl adjacent to an activating group) is 5. The zero-order chi connectivity index (χ0) is 95.7. The lowest BCUT2D eigenvalue weighted by Gasteiger charge is -2.31. The lowest BCUT2D eigenvalue weighted by molar-refractivity contribution is 0.0712. The predicted molar refractivity (Wildman–Crippen MR) is 491 cm³/mol. The topological polar surface area (TPSA) is 424 Å². The SMILES string of the molecule is CN1CCn2cc(-c3n[nH]c(Cc4ccc(F)cc4)n3)c(O)c2C1=O.CN1CCn2cc(-c3nnc(Cc4ccc(F)cc4)o3)c(O)c2C1=O.CN1CCn2cc(-c3nnc(Cc4ccc(F)cc4)s3)c(O)c2C1=O.CN1C[C@H](c2ccccc2)n2nc(-c3nnc(Cc4ccc(F)cc4)s3)c(O)c2C1=O.Cc1ccc(Cc2nnc(-c3nn4c(c3O)C(=O)N(C)C[C@@H]4c3ccccc3)o2)cc1. The number of fused-ring (bicyclic) bond motifs is 5. The van der Waals surface area contributed by atoms with Gasteiger partial charge >= 0.3 is 0 Å². The van der Waals surface area contributed by atoms with Gasteiger partial charge in [-0.1, -0.05) is 162 Å². The van der Waals surface area contributed by atoms with E-state index in [0.29, 0.717) is 145 Å². The fraction of sp³-hybridized carbons (Fsp3) is 0.219. The van der Waals surface area contributed by atoms with Gasteiger partial charge in [-0.05, 0) is 94.4 Å². The second-order valence-electron chi connectivity index (χ2n) is 33.2. The summed E-state index contributed by atoms with van der Waals surface area (Å²) in [6.45, 7) is 6.50. The van der Waals surface area contributed by atoms with Crippen molar-refractivity contribution >= 4 is 52.2 Å². The van der Waals surface area contributed by atoms with Crippen LogP contribution < -0.4 is 0 Å². The van der Waals surface area contributed by atoms with Crippen LogP contribution in [0.25, 0.3) is 55.7 Å². The van der Waals surface area contributed by atoms with E-state index in [-0.39, 0.29) is 140 Å². The standard InChI is InChI=1S/C23H21N5O3.C22H18FN5O2S.C17H16FN5O2.C17H15FN4O3.C17H15FN4O2S/c1-14-8-10-15(11-9-14)12-18-24-25-22(31-18)19-21(29)20-23(30)27(2)13-17(28(20)26-19)16-6-4-3-5-7-16;1-27-12-16(14-5-3-2-4-6-14)28-19(22(27)30)20(29)18(26-28)21-25-24-17(31-21)11-13-7-9-15(23)10-8-13;1-22-6-7-23-9-12(15(24)14(23)17(22)25)16-19-13(20-21-16)8-10-2-4-11(18)5-3-10;2*1-21-6-7-22-9-12(15(23)14(22)17(21)24)16-20-19-13(25-16)8-10-2-4-11(18)5-3-10/h3-11,17,29H,12-13H2,1-2H3;2-10,16,29H,11-12H2,1H3;2-5,9,24H,6-8H2,1H3,(H,19,20,21);2*2-5,9,23H,6-8H2,1H3/t17-;16-;;;/m11.../s1. The molecule has 35 nitrogen and oxygen atoms in total. The van der Waals surface area contributed by atoms with Crippen LogP contribution in [0.4, 0.5) is 17.6 Å². The molecule has 7 aromatic carbocycles. The number of benzene rings is 7. The average molecular weight is 1890 g/mol. The molecule has 22 rings (SSSR count). The Hall–Kier alpha value is -16.6. The van der Waals surface area contributed by atoms with Crippen molar-refractivity contribution in [3.8, 4) is 84.4 Å². The third kappa shape index (κ3) is 19.1. The van der Waals surface area contributed by atoms with Gasteiger partial charge in [0, 0.05) is 125 Å². The van der Waals surface area contributed by atoms with Crippen LogP contribution in [0.1, 0.15) is 137 Å². The first-order valence-corrected chi connectivity index (χ1v) is 44.8. The van der Waals surface area contributed by atoms with E-state index >= 15 is 0 Å². The van der Waals surface area contributed by atoms with E-state index < -0.39 is 0 Å². The normalized spacial score (nSPS) is 14.8. The Bertz CT molecular complexity index is 6770. The number of rotatable bonds is 17. The third-order valence-corrected chi connectivity index (χ3v) is 25.5. The summed E-state index contributed by atoms with van der Waals surface area (Å²) in [5.74, 6) is -1.31. The van der Waals surface area contributed by atoms with Crippen molar-refractivity contribution in [2.45, 2.75) is 70.7 Å². The fourth-order valence-electron chi connectivity index (χ4n) is 16.2. The molecule has 0 bridgehead atoms. The number of aromatic amines is 1. The smallest absolute Gasteiger partial charge is 0.275 e. The van der Waals surface area contributed by atoms with Crippen molar-refractivity contribution in [1.82, 2.24) is 114 Å². The van der Waals surface area contributed by atoms with Crippen LogP contribution in [0.2, 0.25) is 0 Å². The van der Waals surface area contributed by atoms with Gasteiger partial charge in [0.1, 0.15) is 56.2 Å². The Morgan fingerprint density at radius 3 is 1.20 bits per heavy atom. The van der Waals surface area contributed by atoms with Gasteiger partial charge in [0.2, 0.25) is 11.8 Å². The molecule has 17 aromatic rings. The lowest BCUT2D eigenvalue weighted by atomic mass is 10.0. The molecule has 10 aromatic heterocycles. The molecule has 6 N–H and O–H groups in total. The molecule has 15 heterocycles. The monoisotopic (exact) mass is 1890 g/mol. The first-order valence-electron chi connectivity index (χ1n) is 43.1. The van der Waals surface area contributed by atoms with Crippen LogP contribution in [-0.2, 0) is 51.7 Å². The summed E-state index contributed by atoms with van der Waals surface area (Å²) in [5, 5.41) is 104. The van der Waals surface area contributed by atoms with Crippen LogP contribution in [-0.4, -0.2) is 237 Å². The molecule has 5 aliphatic heterocycles. The largest absolute Gasteiger partial charge is 0.505 e. The van der Waals surface area contributed by atoms with E-state index in [1.165, 1.54) is 76.8 Å². The number of carbonyl (C=O) groups is 5. The Morgan fingerprint density at radius 1 is 0.372 bits per heavy atom. The highest BCUT2D eigenvalue weighted by atomic mass is 32.1. The Morgan fingerprint density at radius 2 is 0.737 bits per heavy atom. The molecular weight excluding hydrogens is 1810 g/mol. The van der Waals surface area contributed by atoms with Crippen LogP contribution in [0.5, 0.6) is 28.7 Å². The molecule has 41 heteroatoms. The maximum atomic E-state index is 13.1. The van der Waals surface area contributed by atoms with E-state index in [1.54, 1.807) is 150 Å². The van der Waals surface area contributed by atoms with Crippen molar-refractivity contribution in [1.29, 1.82) is 0 Å². The van der Waals surface area contributed by atoms with Gasteiger partial charge in [0.25, 0.3) is 41.3 Å². The zero-order valence-electron chi connectivity index (χ0n) is 74.2. The van der Waals surface area contributed by atoms with E-state index in [0.717, 1.165) is 44.0 Å². The zero-order valence-corrected chi connectivity index (χ0v) is 75.8. The van der Waals surface area contributed by atoms with Gasteiger partial charge in [-0.2, -0.15) is 15.3 Å². The number of nitrogens with one attached hydrogen (secondary N) is 1. The van der Waals surface area contributed by atoms with Crippen LogP contribution in [0, 0.1) is 30.2 Å². The third-order valence-electron chi connectivity index (χ3n) is 23.6. The number of aromatic hydroxyl groups is 5. The number of aromatic nitrogens is 18. The number of H-pyrrole nitrogens is 1. The maximum absolute atomic E-state index is 13.1. The number of nitrogens with zero attached hydrogens (tertiary/aromatic N) is 22. The van der Waals surface area contributed by atoms with Crippen molar-refractivity contribution in [2.24, 2.45) is 0 Å². The van der Waals surface area contributed by atoms with E-state index in [1.807, 2.05) is 91.9 Å². The number of hydrogen-bond donors (Lipinski definition) is 6. The molecule has 0 spiro atoms. The molecule has 2 atom stereocenters. The van der Waals surface area contributed by atoms with E-state index in [4.69, 9.17) is 8.83 Å². The molecule has 696 valence electrons. The summed E-state index contributed by atoms with van der Waals surface area (Å²) < 4.78 is 71.7. The number of amides is 5. The summed E-state index contributed by atoms with van der Waals surface area (Å²) in [7, 11) is 8.51. The summed E-state index contributed by atoms with van der Waals surface area (Å²) in [5.41, 5.74) is 10.4. The molecule has 5 amide bonds. The van der Waals surface area contributed by atoms with Gasteiger partial charge in [0.05, 0.1) is 41.6 Å². The fourth-order valence-corrected chi connectivity index (χ4v) is 17.9. The predicted octanol–water partition coefficient (Wildman–Crippen LogP) is 13.1. The molecule has 0 radical (unpaired) electrons. The lowest BCUT2D eigenvalue weighted by Crippen LogP contribution is -2.41. The number of aryl methyl sites for hydroxylation is 1. The number of halogens is 4. The Kier molecular flexibility index (Phi) is 25.6. The minimum Gasteiger partial charge on any atom is -0.505 e. The minimum atomic E-state index is -0.311. The van der Waals surface area contributed by atoms with Gasteiger partial charge in [0.15, 0.2) is 67.4 Å². The quantitative estimate of drug-likeness (QED) is 0.0461. The minimum absolute atomic E-state index is 0.0546. The van der Waals surface area contributed by atoms with Crippen LogP contribution >= 0.6 is 22.7 Å². The van der Waals surface area contributed by atoms with Crippen molar-refractivity contribution in [3.05, 3.63) is 324 Å². The average Bonchev–Trinajstić information content (AvgIpc) is 1.59. The Labute approximate surface area is 785 Å². The summed E-state index contributed by atoms with van der Waals surface area (Å²) in [6.07, 6.45) is 7.39. The van der Waals surface area contributed by atoms with E-state index in [9.17, 15) is 67.1 Å². The van der Waals surface area contributed by atoms with Crippen LogP contribution in [0.3, 0.4) is 0 Å². The van der Waals surface area contributed by atoms with Gasteiger partial charge < -0.3 is 72.6 Å². The first kappa shape index (κ1) is 90.9. The molecule has 137 heavy (non-hydrogen) atoms. The highest BCUT2D eigenvalue weighted by Gasteiger charge is 2.41.